The molecule has 0 bridgehead atoms. The molecule has 0 unspecified atom stereocenters. The first kappa shape index (κ1) is 9.84. The van der Waals surface area contributed by atoms with Crippen molar-refractivity contribution < 1.29 is 9.59 Å². The van der Waals surface area contributed by atoms with Crippen LogP contribution in [0.15, 0.2) is 12.2 Å². The summed E-state index contributed by atoms with van der Waals surface area (Å²) in [6.07, 6.45) is 3.74. The van der Waals surface area contributed by atoms with Gasteiger partial charge in [0.15, 0.2) is 0 Å². The summed E-state index contributed by atoms with van der Waals surface area (Å²) in [6.45, 7) is 0.769. The molecule has 0 aliphatic heterocycles. The summed E-state index contributed by atoms with van der Waals surface area (Å²) in [5.74, 6) is -0.369. The highest BCUT2D eigenvalue weighted by molar-refractivity contribution is 5.75. The van der Waals surface area contributed by atoms with Crippen LogP contribution in [0.3, 0.4) is 0 Å². The maximum absolute atomic E-state index is 10.3. The standard InChI is InChI=1S/C7H12N2O2/c1-9(6-7(8)11)4-2-3-5-10/h2-3,5H,4,6H2,1H3,(H2,8,11)/b3-2+. The molecule has 2 N–H and O–H groups in total. The zero-order valence-corrected chi connectivity index (χ0v) is 6.49. The van der Waals surface area contributed by atoms with Crippen molar-refractivity contribution in [2.45, 2.75) is 0 Å². The van der Waals surface area contributed by atoms with Gasteiger partial charge in [0.25, 0.3) is 0 Å². The lowest BCUT2D eigenvalue weighted by atomic mass is 10.4. The number of amides is 1. The minimum absolute atomic E-state index is 0.212. The van der Waals surface area contributed by atoms with E-state index in [4.69, 9.17) is 5.73 Å². The lowest BCUT2D eigenvalue weighted by molar-refractivity contribution is -0.118. The van der Waals surface area contributed by atoms with Crippen LogP contribution in [-0.2, 0) is 9.59 Å². The van der Waals surface area contributed by atoms with Gasteiger partial charge in [0.05, 0.1) is 6.54 Å². The van der Waals surface area contributed by atoms with Gasteiger partial charge in [0, 0.05) is 6.54 Å². The zero-order valence-electron chi connectivity index (χ0n) is 6.49. The first-order chi connectivity index (χ1) is 5.16. The van der Waals surface area contributed by atoms with E-state index in [1.165, 1.54) is 6.08 Å². The van der Waals surface area contributed by atoms with Crippen LogP contribution in [-0.4, -0.2) is 37.2 Å². The van der Waals surface area contributed by atoms with Gasteiger partial charge in [-0.3, -0.25) is 14.5 Å². The van der Waals surface area contributed by atoms with Crippen LogP contribution in [0.25, 0.3) is 0 Å². The molecule has 1 amide bonds. The molecule has 0 aromatic heterocycles. The molecule has 0 fully saturated rings. The quantitative estimate of drug-likeness (QED) is 0.417. The number of rotatable bonds is 5. The number of nitrogens with zero attached hydrogens (tertiary/aromatic N) is 1. The Hall–Kier alpha value is -1.16. The van der Waals surface area contributed by atoms with E-state index >= 15 is 0 Å². The van der Waals surface area contributed by atoms with Gasteiger partial charge in [-0.15, -0.1) is 0 Å². The number of hydrogen-bond donors (Lipinski definition) is 1. The molecule has 0 spiro atoms. The second-order valence-electron chi connectivity index (χ2n) is 2.23. The van der Waals surface area contributed by atoms with E-state index in [0.717, 1.165) is 0 Å². The molecule has 0 rings (SSSR count). The lowest BCUT2D eigenvalue weighted by Crippen LogP contribution is -2.30. The molecule has 4 heteroatoms. The number of likely N-dealkylation sites (N-methyl/N-ethyl adjacent to an activating group) is 1. The molecular weight excluding hydrogens is 144 g/mol. The molecule has 62 valence electrons. The average Bonchev–Trinajstić information content (AvgIpc) is 1.86. The van der Waals surface area contributed by atoms with Crippen molar-refractivity contribution in [2.75, 3.05) is 20.1 Å². The summed E-state index contributed by atoms with van der Waals surface area (Å²) in [5.41, 5.74) is 4.92. The molecule has 0 saturated heterocycles. The van der Waals surface area contributed by atoms with Gasteiger partial charge in [-0.25, -0.2) is 0 Å². The summed E-state index contributed by atoms with van der Waals surface area (Å²) in [7, 11) is 1.75. The number of primary amides is 1. The van der Waals surface area contributed by atoms with Crippen molar-refractivity contribution in [3.8, 4) is 0 Å². The van der Waals surface area contributed by atoms with Gasteiger partial charge in [-0.05, 0) is 13.1 Å². The SMILES string of the molecule is CN(C/C=C/C=O)CC(N)=O. The van der Waals surface area contributed by atoms with Gasteiger partial charge in [-0.2, -0.15) is 0 Å². The molecule has 0 saturated carbocycles. The Labute approximate surface area is 65.7 Å². The highest BCUT2D eigenvalue weighted by atomic mass is 16.1. The highest BCUT2D eigenvalue weighted by Crippen LogP contribution is 1.80. The van der Waals surface area contributed by atoms with Gasteiger partial charge in [0.1, 0.15) is 6.29 Å². The lowest BCUT2D eigenvalue weighted by Gasteiger charge is -2.10. The molecule has 0 atom stereocenters. The van der Waals surface area contributed by atoms with Gasteiger partial charge >= 0.3 is 0 Å². The Morgan fingerprint density at radius 1 is 1.64 bits per heavy atom. The number of hydrogen-bond acceptors (Lipinski definition) is 3. The second-order valence-corrected chi connectivity index (χ2v) is 2.23. The van der Waals surface area contributed by atoms with Crippen LogP contribution in [0.2, 0.25) is 0 Å². The normalized spacial score (nSPS) is 10.7. The third-order valence-corrected chi connectivity index (χ3v) is 1.06. The Kier molecular flexibility index (Phi) is 5.02. The van der Waals surface area contributed by atoms with E-state index in [1.807, 2.05) is 0 Å². The molecular formula is C7H12N2O2. The minimum atomic E-state index is -0.369. The van der Waals surface area contributed by atoms with Crippen molar-refractivity contribution in [3.63, 3.8) is 0 Å². The fourth-order valence-corrected chi connectivity index (χ4v) is 0.627. The zero-order chi connectivity index (χ0) is 8.69. The van der Waals surface area contributed by atoms with Gasteiger partial charge in [-0.1, -0.05) is 6.08 Å². The van der Waals surface area contributed by atoms with Crippen LogP contribution in [0.4, 0.5) is 0 Å². The largest absolute Gasteiger partial charge is 0.369 e. The van der Waals surface area contributed by atoms with Crippen molar-refractivity contribution in [2.24, 2.45) is 5.73 Å². The van der Waals surface area contributed by atoms with Crippen LogP contribution in [0.5, 0.6) is 0 Å². The number of carbonyl (C=O) groups is 2. The second kappa shape index (κ2) is 5.61. The molecule has 0 aliphatic carbocycles. The van der Waals surface area contributed by atoms with Crippen LogP contribution < -0.4 is 5.73 Å². The Bertz CT molecular complexity index is 166. The van der Waals surface area contributed by atoms with Crippen LogP contribution >= 0.6 is 0 Å². The van der Waals surface area contributed by atoms with E-state index in [0.29, 0.717) is 12.8 Å². The molecule has 4 nitrogen and oxygen atoms in total. The molecule has 0 heterocycles. The maximum atomic E-state index is 10.3. The van der Waals surface area contributed by atoms with E-state index < -0.39 is 0 Å². The fraction of sp³-hybridized carbons (Fsp3) is 0.429. The number of nitrogens with two attached hydrogens (primary N) is 1. The predicted molar refractivity (Wildman–Crippen MR) is 41.9 cm³/mol. The topological polar surface area (TPSA) is 63.4 Å². The Morgan fingerprint density at radius 3 is 2.73 bits per heavy atom. The maximum Gasteiger partial charge on any atom is 0.231 e. The molecule has 11 heavy (non-hydrogen) atoms. The van der Waals surface area contributed by atoms with Crippen LogP contribution in [0.1, 0.15) is 0 Å². The van der Waals surface area contributed by atoms with E-state index in [2.05, 4.69) is 0 Å². The van der Waals surface area contributed by atoms with Crippen molar-refractivity contribution in [3.05, 3.63) is 12.2 Å². The van der Waals surface area contributed by atoms with Gasteiger partial charge in [0.2, 0.25) is 5.91 Å². The summed E-state index contributed by atoms with van der Waals surface area (Å²) < 4.78 is 0. The third-order valence-electron chi connectivity index (χ3n) is 1.06. The van der Waals surface area contributed by atoms with Gasteiger partial charge < -0.3 is 5.73 Å². The number of aldehydes is 1. The predicted octanol–water partition coefficient (Wildman–Crippen LogP) is -0.841. The Balaban J connectivity index is 3.51. The smallest absolute Gasteiger partial charge is 0.231 e. The van der Waals surface area contributed by atoms with E-state index in [1.54, 1.807) is 18.0 Å². The number of carbonyl (C=O) groups excluding carboxylic acids is 2. The molecule has 0 aromatic carbocycles. The first-order valence-corrected chi connectivity index (χ1v) is 3.24. The molecule has 0 aromatic rings. The highest BCUT2D eigenvalue weighted by Gasteiger charge is 1.98. The van der Waals surface area contributed by atoms with E-state index in [9.17, 15) is 9.59 Å². The minimum Gasteiger partial charge on any atom is -0.369 e. The fourth-order valence-electron chi connectivity index (χ4n) is 0.627. The van der Waals surface area contributed by atoms with Crippen molar-refractivity contribution in [1.82, 2.24) is 4.90 Å². The summed E-state index contributed by atoms with van der Waals surface area (Å²) in [6, 6.07) is 0. The number of allylic oxidation sites excluding steroid dienone is 1. The summed E-state index contributed by atoms with van der Waals surface area (Å²) in [4.78, 5) is 21.9. The third kappa shape index (κ3) is 6.73. The molecule has 0 aliphatic rings. The van der Waals surface area contributed by atoms with Crippen molar-refractivity contribution in [1.29, 1.82) is 0 Å². The molecule has 0 radical (unpaired) electrons. The first-order valence-electron chi connectivity index (χ1n) is 3.24. The van der Waals surface area contributed by atoms with Crippen LogP contribution in [0, 0.1) is 0 Å². The Morgan fingerprint density at radius 2 is 2.27 bits per heavy atom. The summed E-state index contributed by atoms with van der Waals surface area (Å²) >= 11 is 0. The average molecular weight is 156 g/mol. The monoisotopic (exact) mass is 156 g/mol. The summed E-state index contributed by atoms with van der Waals surface area (Å²) in [5, 5.41) is 0. The van der Waals surface area contributed by atoms with E-state index in [-0.39, 0.29) is 12.5 Å². The van der Waals surface area contributed by atoms with Crippen molar-refractivity contribution >= 4 is 12.2 Å².